The van der Waals surface area contributed by atoms with E-state index in [1.807, 2.05) is 0 Å². The zero-order chi connectivity index (χ0) is 13.9. The van der Waals surface area contributed by atoms with Crippen molar-refractivity contribution in [2.45, 2.75) is 25.6 Å². The van der Waals surface area contributed by atoms with Crippen LogP contribution in [0.15, 0.2) is 18.2 Å². The molecule has 1 N–H and O–H groups in total. The minimum absolute atomic E-state index is 0.267. The third kappa shape index (κ3) is 4.19. The van der Waals surface area contributed by atoms with Gasteiger partial charge >= 0.3 is 6.18 Å². The van der Waals surface area contributed by atoms with Crippen molar-refractivity contribution in [1.82, 2.24) is 0 Å². The molecule has 1 unspecified atom stereocenters. The number of rotatable bonds is 4. The number of hydrogen-bond donors (Lipinski definition) is 1. The number of anilines is 1. The maximum absolute atomic E-state index is 12.9. The fourth-order valence-electron chi connectivity index (χ4n) is 1.45. The summed E-state index contributed by atoms with van der Waals surface area (Å²) in [7, 11) is 0. The summed E-state index contributed by atoms with van der Waals surface area (Å²) in [6.07, 6.45) is -5.56. The van der Waals surface area contributed by atoms with Gasteiger partial charge in [0.25, 0.3) is 5.69 Å². The van der Waals surface area contributed by atoms with E-state index in [1.54, 1.807) is 0 Å². The van der Waals surface area contributed by atoms with Crippen LogP contribution < -0.4 is 5.32 Å². The first-order valence-electron chi connectivity index (χ1n) is 4.96. The van der Waals surface area contributed by atoms with E-state index in [0.717, 1.165) is 18.2 Å². The first kappa shape index (κ1) is 14.2. The summed E-state index contributed by atoms with van der Waals surface area (Å²) in [5, 5.41) is 12.9. The second-order valence-corrected chi connectivity index (χ2v) is 3.78. The Hall–Kier alpha value is -1.86. The normalized spacial score (nSPS) is 13.2. The van der Waals surface area contributed by atoms with Crippen molar-refractivity contribution in [3.05, 3.63) is 34.1 Å². The van der Waals surface area contributed by atoms with Crippen molar-refractivity contribution in [2.24, 2.45) is 0 Å². The van der Waals surface area contributed by atoms with Crippen molar-refractivity contribution in [1.29, 1.82) is 0 Å². The van der Waals surface area contributed by atoms with Crippen molar-refractivity contribution in [2.75, 3.05) is 5.32 Å². The van der Waals surface area contributed by atoms with Crippen LogP contribution in [0.1, 0.15) is 13.3 Å². The van der Waals surface area contributed by atoms with Gasteiger partial charge in [-0.15, -0.1) is 0 Å². The van der Waals surface area contributed by atoms with Crippen LogP contribution in [-0.4, -0.2) is 17.1 Å². The summed E-state index contributed by atoms with van der Waals surface area (Å²) in [6, 6.07) is 1.48. The molecule has 0 fully saturated rings. The number of benzene rings is 1. The molecule has 18 heavy (non-hydrogen) atoms. The van der Waals surface area contributed by atoms with Gasteiger partial charge in [0.15, 0.2) is 0 Å². The number of alkyl halides is 3. The number of nitro benzene ring substituents is 1. The highest BCUT2D eigenvalue weighted by atomic mass is 19.4. The second kappa shape index (κ2) is 5.19. The molecule has 100 valence electrons. The Kier molecular flexibility index (Phi) is 4.10. The van der Waals surface area contributed by atoms with Crippen LogP contribution in [0, 0.1) is 15.9 Å². The van der Waals surface area contributed by atoms with Gasteiger partial charge in [-0.05, 0) is 13.0 Å². The highest BCUT2D eigenvalue weighted by Crippen LogP contribution is 2.28. The van der Waals surface area contributed by atoms with Crippen LogP contribution in [0.2, 0.25) is 0 Å². The maximum Gasteiger partial charge on any atom is 0.391 e. The number of nitrogens with zero attached hydrogens (tertiary/aromatic N) is 1. The van der Waals surface area contributed by atoms with Crippen LogP contribution in [0.25, 0.3) is 0 Å². The molecule has 0 radical (unpaired) electrons. The van der Waals surface area contributed by atoms with Gasteiger partial charge in [-0.1, -0.05) is 0 Å². The minimum Gasteiger partial charge on any atom is -0.377 e. The molecule has 0 heterocycles. The molecular formula is C10H10F4N2O2. The quantitative estimate of drug-likeness (QED) is 0.515. The van der Waals surface area contributed by atoms with Crippen LogP contribution in [0.4, 0.5) is 28.9 Å². The number of nitrogens with one attached hydrogen (secondary N) is 1. The Morgan fingerprint density at radius 1 is 1.44 bits per heavy atom. The Morgan fingerprint density at radius 2 is 2.06 bits per heavy atom. The zero-order valence-corrected chi connectivity index (χ0v) is 9.29. The van der Waals surface area contributed by atoms with Crippen LogP contribution in [0.3, 0.4) is 0 Å². The van der Waals surface area contributed by atoms with Crippen molar-refractivity contribution >= 4 is 11.4 Å². The first-order chi connectivity index (χ1) is 8.19. The average Bonchev–Trinajstić information content (AvgIpc) is 2.13. The lowest BCUT2D eigenvalue weighted by atomic mass is 10.2. The molecular weight excluding hydrogens is 256 g/mol. The summed E-state index contributed by atoms with van der Waals surface area (Å²) in [6.45, 7) is 1.21. The molecule has 0 saturated carbocycles. The number of halogens is 4. The standard InChI is InChI=1S/C10H10F4N2O2/c1-6(5-10(12,13)14)15-8-4-7(11)2-3-9(8)16(17)18/h2-4,6,15H,5H2,1H3. The van der Waals surface area contributed by atoms with Crippen molar-refractivity contribution < 1.29 is 22.5 Å². The van der Waals surface area contributed by atoms with E-state index in [0.29, 0.717) is 0 Å². The van der Waals surface area contributed by atoms with Gasteiger partial charge in [0.2, 0.25) is 0 Å². The summed E-state index contributed by atoms with van der Waals surface area (Å²) >= 11 is 0. The fourth-order valence-corrected chi connectivity index (χ4v) is 1.45. The van der Waals surface area contributed by atoms with Crippen molar-refractivity contribution in [3.8, 4) is 0 Å². The molecule has 0 aliphatic rings. The number of hydrogen-bond acceptors (Lipinski definition) is 3. The summed E-state index contributed by atoms with van der Waals surface area (Å²) in [4.78, 5) is 9.83. The highest BCUT2D eigenvalue weighted by molar-refractivity contribution is 5.61. The molecule has 0 saturated heterocycles. The van der Waals surface area contributed by atoms with Gasteiger partial charge in [-0.25, -0.2) is 4.39 Å². The molecule has 0 amide bonds. The Bertz CT molecular complexity index is 448. The van der Waals surface area contributed by atoms with Crippen molar-refractivity contribution in [3.63, 3.8) is 0 Å². The minimum atomic E-state index is -4.39. The summed E-state index contributed by atoms with van der Waals surface area (Å²) < 4.78 is 49.2. The SMILES string of the molecule is CC(CC(F)(F)F)Nc1cc(F)ccc1[N+](=O)[O-]. The lowest BCUT2D eigenvalue weighted by Crippen LogP contribution is -2.24. The Morgan fingerprint density at radius 3 is 2.56 bits per heavy atom. The van der Waals surface area contributed by atoms with Gasteiger partial charge in [0.1, 0.15) is 11.5 Å². The van der Waals surface area contributed by atoms with E-state index in [4.69, 9.17) is 0 Å². The van der Waals surface area contributed by atoms with E-state index in [-0.39, 0.29) is 5.69 Å². The molecule has 1 aromatic rings. The van der Waals surface area contributed by atoms with Gasteiger partial charge in [0.05, 0.1) is 11.3 Å². The fraction of sp³-hybridized carbons (Fsp3) is 0.400. The van der Waals surface area contributed by atoms with Gasteiger partial charge in [0, 0.05) is 18.2 Å². The predicted octanol–water partition coefficient (Wildman–Crippen LogP) is 3.49. The molecule has 0 aliphatic carbocycles. The zero-order valence-electron chi connectivity index (χ0n) is 9.29. The first-order valence-corrected chi connectivity index (χ1v) is 4.96. The van der Waals surface area contributed by atoms with Crippen LogP contribution >= 0.6 is 0 Å². The maximum atomic E-state index is 12.9. The van der Waals surface area contributed by atoms with Crippen LogP contribution in [-0.2, 0) is 0 Å². The predicted molar refractivity (Wildman–Crippen MR) is 56.8 cm³/mol. The van der Waals surface area contributed by atoms with E-state index < -0.39 is 35.1 Å². The van der Waals surface area contributed by atoms with Gasteiger partial charge in [-0.2, -0.15) is 13.2 Å². The molecule has 1 rings (SSSR count). The van der Waals surface area contributed by atoms with Gasteiger partial charge < -0.3 is 5.32 Å². The van der Waals surface area contributed by atoms with Gasteiger partial charge in [-0.3, -0.25) is 10.1 Å². The lowest BCUT2D eigenvalue weighted by molar-refractivity contribution is -0.384. The third-order valence-corrected chi connectivity index (χ3v) is 2.09. The largest absolute Gasteiger partial charge is 0.391 e. The monoisotopic (exact) mass is 266 g/mol. The molecule has 1 aromatic carbocycles. The van der Waals surface area contributed by atoms with Crippen LogP contribution in [0.5, 0.6) is 0 Å². The molecule has 0 aliphatic heterocycles. The molecule has 0 spiro atoms. The Balaban J connectivity index is 2.89. The molecule has 1 atom stereocenters. The highest BCUT2D eigenvalue weighted by Gasteiger charge is 2.30. The van der Waals surface area contributed by atoms with E-state index in [2.05, 4.69) is 5.32 Å². The topological polar surface area (TPSA) is 55.2 Å². The Labute approximate surface area is 99.8 Å². The molecule has 8 heteroatoms. The van der Waals surface area contributed by atoms with E-state index in [9.17, 15) is 27.7 Å². The number of nitro groups is 1. The van der Waals surface area contributed by atoms with E-state index >= 15 is 0 Å². The second-order valence-electron chi connectivity index (χ2n) is 3.78. The molecule has 0 bridgehead atoms. The van der Waals surface area contributed by atoms with E-state index in [1.165, 1.54) is 6.92 Å². The average molecular weight is 266 g/mol. The lowest BCUT2D eigenvalue weighted by Gasteiger charge is -2.16. The summed E-state index contributed by atoms with van der Waals surface area (Å²) in [5.74, 6) is -0.762. The third-order valence-electron chi connectivity index (χ3n) is 2.09. The summed E-state index contributed by atoms with van der Waals surface area (Å²) in [5.41, 5.74) is -0.734. The smallest absolute Gasteiger partial charge is 0.377 e. The molecule has 0 aromatic heterocycles. The molecule has 4 nitrogen and oxygen atoms in total.